The third-order valence-corrected chi connectivity index (χ3v) is 6.73. The van der Waals surface area contributed by atoms with Crippen LogP contribution in [0.2, 0.25) is 0 Å². The smallest absolute Gasteiger partial charge is 0.332 e. The molecule has 0 spiro atoms. The van der Waals surface area contributed by atoms with Gasteiger partial charge in [-0.05, 0) is 29.4 Å². The van der Waals surface area contributed by atoms with Crippen molar-refractivity contribution in [3.05, 3.63) is 65.2 Å². The Kier molecular flexibility index (Phi) is 6.50. The van der Waals surface area contributed by atoms with E-state index < -0.39 is 53.2 Å². The van der Waals surface area contributed by atoms with Crippen molar-refractivity contribution in [1.29, 1.82) is 0 Å². The van der Waals surface area contributed by atoms with Crippen molar-refractivity contribution in [2.75, 3.05) is 38.8 Å². The van der Waals surface area contributed by atoms with Crippen LogP contribution in [0.1, 0.15) is 17.5 Å². The van der Waals surface area contributed by atoms with Crippen molar-refractivity contribution in [2.45, 2.75) is 18.0 Å². The molecule has 3 aliphatic rings. The molecule has 3 heterocycles. The van der Waals surface area contributed by atoms with E-state index in [4.69, 9.17) is 4.74 Å². The number of ether oxygens (including phenoxy) is 1. The van der Waals surface area contributed by atoms with Gasteiger partial charge in [-0.15, -0.1) is 0 Å². The summed E-state index contributed by atoms with van der Waals surface area (Å²) in [6, 6.07) is 9.40. The van der Waals surface area contributed by atoms with E-state index in [0.29, 0.717) is 10.5 Å². The molecule has 0 aromatic heterocycles. The summed E-state index contributed by atoms with van der Waals surface area (Å²) < 4.78 is 37.3. The zero-order valence-electron chi connectivity index (χ0n) is 20.7. The summed E-state index contributed by atoms with van der Waals surface area (Å²) in [5, 5.41) is 4.12. The lowest BCUT2D eigenvalue weighted by atomic mass is 9.86. The van der Waals surface area contributed by atoms with Crippen LogP contribution in [0.25, 0.3) is 0 Å². The Labute approximate surface area is 217 Å². The third-order valence-electron chi connectivity index (χ3n) is 6.73. The van der Waals surface area contributed by atoms with E-state index in [1.54, 1.807) is 48.4 Å². The quantitative estimate of drug-likeness (QED) is 0.455. The summed E-state index contributed by atoms with van der Waals surface area (Å²) in [6.07, 6.45) is 2.80. The Morgan fingerprint density at radius 3 is 2.39 bits per heavy atom. The normalized spacial score (nSPS) is 22.8. The van der Waals surface area contributed by atoms with Crippen molar-refractivity contribution < 1.29 is 32.6 Å². The van der Waals surface area contributed by atoms with Crippen molar-refractivity contribution >= 4 is 36.0 Å². The van der Waals surface area contributed by atoms with Crippen LogP contribution >= 0.6 is 0 Å². The van der Waals surface area contributed by atoms with Crippen LogP contribution in [-0.2, 0) is 14.3 Å². The lowest BCUT2D eigenvalue weighted by Gasteiger charge is -2.52. The second kappa shape index (κ2) is 9.79. The lowest BCUT2D eigenvalue weighted by Crippen LogP contribution is -2.76. The number of methoxy groups -OCH3 is 1. The van der Waals surface area contributed by atoms with Gasteiger partial charge in [-0.1, -0.05) is 34.7 Å². The first-order chi connectivity index (χ1) is 18.2. The van der Waals surface area contributed by atoms with Gasteiger partial charge in [0.2, 0.25) is 12.1 Å². The zero-order chi connectivity index (χ0) is 27.0. The fourth-order valence-corrected chi connectivity index (χ4v) is 5.00. The average molecular weight is 521 g/mol. The van der Waals surface area contributed by atoms with Crippen molar-refractivity contribution in [2.24, 2.45) is 5.10 Å². The molecule has 2 saturated heterocycles. The van der Waals surface area contributed by atoms with Crippen molar-refractivity contribution in [1.82, 2.24) is 9.80 Å². The molecule has 2 aromatic carbocycles. The number of hydrazone groups is 1. The second-order valence-electron chi connectivity index (χ2n) is 9.19. The number of halogens is 2. The Morgan fingerprint density at radius 2 is 1.76 bits per heavy atom. The number of amides is 4. The summed E-state index contributed by atoms with van der Waals surface area (Å²) in [5.41, 5.74) is -1.75. The van der Waals surface area contributed by atoms with E-state index in [-0.39, 0.29) is 25.3 Å². The highest BCUT2D eigenvalue weighted by atomic mass is 19.1. The Bertz CT molecular complexity index is 1430. The first-order valence-electron chi connectivity index (χ1n) is 11.9. The summed E-state index contributed by atoms with van der Waals surface area (Å²) in [5.74, 6) is 1.86. The predicted molar refractivity (Wildman–Crippen MR) is 134 cm³/mol. The predicted octanol–water partition coefficient (Wildman–Crippen LogP) is 1.83. The van der Waals surface area contributed by atoms with Gasteiger partial charge in [0.05, 0.1) is 13.0 Å². The maximum absolute atomic E-state index is 15.2. The van der Waals surface area contributed by atoms with Gasteiger partial charge < -0.3 is 14.5 Å². The highest BCUT2D eigenvalue weighted by Gasteiger charge is 2.59. The number of nitrogens with zero attached hydrogens (tertiary/aromatic N) is 5. The van der Waals surface area contributed by atoms with Gasteiger partial charge in [0.1, 0.15) is 11.9 Å². The van der Waals surface area contributed by atoms with Crippen LogP contribution in [-0.4, -0.2) is 90.2 Å². The van der Waals surface area contributed by atoms with E-state index in [9.17, 15) is 14.4 Å². The number of hydrogen-bond acceptors (Lipinski definition) is 5. The number of rotatable bonds is 4. The molecule has 2 unspecified atom stereocenters. The molecule has 11 heteroatoms. The molecule has 2 fully saturated rings. The van der Waals surface area contributed by atoms with Gasteiger partial charge in [-0.2, -0.15) is 0 Å². The SMILES string of the molecule is COCC12CC(=O)N(c3c(F)cc(C#Cc4ccccc4)cc3F)C(=O)N1CCN(C1C=N[N+](C)=C1)C2=O. The standard InChI is InChI=1S/C27H24F2N5O4/c1-31-16-20(15-30-31)32-10-11-33-26(37)34(23(35)14-27(33,17-38-2)25(32)36)24-21(28)12-19(13-22(24)29)9-8-18-6-4-3-5-7-18/h3-7,12-13,15-16,20H,10-11,14,17H2,1-2H3/q+1. The minimum Gasteiger partial charge on any atom is -0.382 e. The molecular weight excluding hydrogens is 496 g/mol. The Morgan fingerprint density at radius 1 is 1.08 bits per heavy atom. The maximum Gasteiger partial charge on any atom is 0.332 e. The average Bonchev–Trinajstić information content (AvgIpc) is 3.32. The molecule has 3 aliphatic heterocycles. The van der Waals surface area contributed by atoms with Gasteiger partial charge in [0.15, 0.2) is 30.3 Å². The minimum atomic E-state index is -1.64. The molecule has 2 atom stereocenters. The largest absolute Gasteiger partial charge is 0.382 e. The number of carbonyl (C=O) groups excluding carboxylic acids is 3. The number of hydrogen-bond donors (Lipinski definition) is 0. The van der Waals surface area contributed by atoms with Crippen LogP contribution in [0.15, 0.2) is 47.6 Å². The van der Waals surface area contributed by atoms with E-state index in [1.807, 2.05) is 6.07 Å². The molecule has 5 rings (SSSR count). The van der Waals surface area contributed by atoms with Gasteiger partial charge in [0, 0.05) is 31.3 Å². The number of urea groups is 1. The number of piperazine rings is 1. The third kappa shape index (κ3) is 4.22. The molecule has 38 heavy (non-hydrogen) atoms. The maximum atomic E-state index is 15.2. The molecular formula is C27H24F2N5O4+. The number of imide groups is 1. The number of carbonyl (C=O) groups is 3. The number of fused-ring (bicyclic) bond motifs is 1. The topological polar surface area (TPSA) is 85.5 Å². The van der Waals surface area contributed by atoms with Crippen LogP contribution in [0, 0.1) is 23.5 Å². The minimum absolute atomic E-state index is 0.0312. The van der Waals surface area contributed by atoms with E-state index in [2.05, 4.69) is 16.9 Å². The van der Waals surface area contributed by atoms with Crippen LogP contribution in [0.3, 0.4) is 0 Å². The van der Waals surface area contributed by atoms with Crippen molar-refractivity contribution in [3.63, 3.8) is 0 Å². The highest BCUT2D eigenvalue weighted by molar-refractivity contribution is 6.20. The number of anilines is 1. The molecule has 0 saturated carbocycles. The molecule has 9 nitrogen and oxygen atoms in total. The molecule has 0 radical (unpaired) electrons. The molecule has 194 valence electrons. The Balaban J connectivity index is 1.47. The summed E-state index contributed by atoms with van der Waals surface area (Å²) >= 11 is 0. The lowest BCUT2D eigenvalue weighted by molar-refractivity contribution is -0.494. The summed E-state index contributed by atoms with van der Waals surface area (Å²) in [4.78, 5) is 43.7. The molecule has 2 aromatic rings. The van der Waals surface area contributed by atoms with Crippen LogP contribution in [0.4, 0.5) is 19.3 Å². The monoisotopic (exact) mass is 520 g/mol. The van der Waals surface area contributed by atoms with E-state index in [0.717, 1.165) is 12.1 Å². The second-order valence-corrected chi connectivity index (χ2v) is 9.19. The first kappa shape index (κ1) is 25.2. The van der Waals surface area contributed by atoms with E-state index >= 15 is 8.78 Å². The fourth-order valence-electron chi connectivity index (χ4n) is 5.00. The molecule has 0 N–H and O–H groups in total. The molecule has 0 bridgehead atoms. The van der Waals surface area contributed by atoms with Gasteiger partial charge in [-0.25, -0.2) is 18.5 Å². The summed E-state index contributed by atoms with van der Waals surface area (Å²) in [6.45, 7) is -0.0894. The Hall–Kier alpha value is -4.43. The number of benzene rings is 2. The fraction of sp³-hybridized carbons (Fsp3) is 0.296. The van der Waals surface area contributed by atoms with Crippen molar-refractivity contribution in [3.8, 4) is 11.8 Å². The zero-order valence-corrected chi connectivity index (χ0v) is 20.7. The molecule has 0 aliphatic carbocycles. The highest BCUT2D eigenvalue weighted by Crippen LogP contribution is 2.38. The first-order valence-corrected chi connectivity index (χ1v) is 11.9. The van der Waals surface area contributed by atoms with Gasteiger partial charge in [-0.3, -0.25) is 9.59 Å². The van der Waals surface area contributed by atoms with Crippen LogP contribution < -0.4 is 4.90 Å². The van der Waals surface area contributed by atoms with E-state index in [1.165, 1.54) is 16.9 Å². The van der Waals surface area contributed by atoms with Gasteiger partial charge >= 0.3 is 6.03 Å². The van der Waals surface area contributed by atoms with Crippen LogP contribution in [0.5, 0.6) is 0 Å². The van der Waals surface area contributed by atoms with Gasteiger partial charge in [0.25, 0.3) is 5.91 Å². The summed E-state index contributed by atoms with van der Waals surface area (Å²) in [7, 11) is 3.07. The molecule has 4 amide bonds.